The molecule has 206 valence electrons. The first-order valence-electron chi connectivity index (χ1n) is 14.4. The summed E-state index contributed by atoms with van der Waals surface area (Å²) >= 11 is 1.78. The third kappa shape index (κ3) is 4.07. The highest BCUT2D eigenvalue weighted by Crippen LogP contribution is 2.38. The fraction of sp³-hybridized carbons (Fsp3) is 0. The summed E-state index contributed by atoms with van der Waals surface area (Å²) in [6, 6.07) is 45.3. The van der Waals surface area contributed by atoms with Crippen LogP contribution in [-0.2, 0) is 0 Å². The Bertz CT molecular complexity index is 2500. The molecule has 0 radical (unpaired) electrons. The minimum Gasteiger partial charge on any atom is -0.435 e. The van der Waals surface area contributed by atoms with E-state index in [1.165, 1.54) is 20.2 Å². The number of oxazole rings is 1. The minimum absolute atomic E-state index is 0.584. The number of hydrogen-bond donors (Lipinski definition) is 0. The van der Waals surface area contributed by atoms with Gasteiger partial charge in [0.1, 0.15) is 5.52 Å². The summed E-state index contributed by atoms with van der Waals surface area (Å²) in [4.78, 5) is 20.0. The topological polar surface area (TPSA) is 64.7 Å². The summed E-state index contributed by atoms with van der Waals surface area (Å²) in [6.07, 6.45) is 0. The quantitative estimate of drug-likeness (QED) is 0.207. The van der Waals surface area contributed by atoms with E-state index in [2.05, 4.69) is 60.7 Å². The Balaban J connectivity index is 1.28. The zero-order chi connectivity index (χ0) is 29.0. The van der Waals surface area contributed by atoms with Gasteiger partial charge in [0.2, 0.25) is 5.89 Å². The van der Waals surface area contributed by atoms with Crippen LogP contribution in [0.2, 0.25) is 0 Å². The second-order valence-electron chi connectivity index (χ2n) is 10.7. The van der Waals surface area contributed by atoms with Crippen molar-refractivity contribution >= 4 is 53.4 Å². The van der Waals surface area contributed by atoms with Crippen LogP contribution in [0.4, 0.5) is 0 Å². The van der Waals surface area contributed by atoms with Crippen molar-refractivity contribution < 1.29 is 4.42 Å². The van der Waals surface area contributed by atoms with E-state index in [9.17, 15) is 0 Å². The highest BCUT2D eigenvalue weighted by molar-refractivity contribution is 7.25. The fourth-order valence-electron chi connectivity index (χ4n) is 5.85. The molecule has 0 atom stereocenters. The van der Waals surface area contributed by atoms with Gasteiger partial charge in [-0.3, -0.25) is 0 Å². The first-order valence-corrected chi connectivity index (χ1v) is 15.2. The maximum absolute atomic E-state index is 6.46. The number of thiophene rings is 1. The van der Waals surface area contributed by atoms with Gasteiger partial charge in [-0.1, -0.05) is 103 Å². The summed E-state index contributed by atoms with van der Waals surface area (Å²) < 4.78 is 8.92. The number of nitrogens with zero attached hydrogens (tertiary/aromatic N) is 4. The first kappa shape index (κ1) is 24.8. The fourth-order valence-corrected chi connectivity index (χ4v) is 7.00. The highest BCUT2D eigenvalue weighted by Gasteiger charge is 2.19. The molecule has 0 aliphatic rings. The van der Waals surface area contributed by atoms with Gasteiger partial charge in [-0.05, 0) is 35.7 Å². The molecule has 5 nitrogen and oxygen atoms in total. The average molecular weight is 583 g/mol. The standard InChI is InChI=1S/C38H22N4OS/c1-3-10-24(11-4-1)35-40-36(26-18-20-28-27-15-7-8-17-31(27)44-32(28)22-26)42-37(41-35)29-16-9-14-23-19-21-30-34(33(23)29)43-38(39-30)25-12-5-2-6-13-25/h1-22H. The van der Waals surface area contributed by atoms with E-state index in [-0.39, 0.29) is 0 Å². The van der Waals surface area contributed by atoms with Crippen LogP contribution in [0.25, 0.3) is 87.7 Å². The third-order valence-corrected chi connectivity index (χ3v) is 9.10. The molecule has 9 rings (SSSR count). The average Bonchev–Trinajstić information content (AvgIpc) is 3.70. The zero-order valence-corrected chi connectivity index (χ0v) is 24.1. The normalized spacial score (nSPS) is 11.6. The largest absolute Gasteiger partial charge is 0.435 e. The van der Waals surface area contributed by atoms with Crippen molar-refractivity contribution in [3.8, 4) is 45.6 Å². The summed E-state index contributed by atoms with van der Waals surface area (Å²) in [5, 5.41) is 4.46. The maximum atomic E-state index is 6.46. The lowest BCUT2D eigenvalue weighted by molar-refractivity contribution is 0.623. The molecule has 0 fully saturated rings. The van der Waals surface area contributed by atoms with Crippen LogP contribution >= 0.6 is 11.3 Å². The lowest BCUT2D eigenvalue weighted by atomic mass is 10.0. The second-order valence-corrected chi connectivity index (χ2v) is 11.8. The molecule has 0 N–H and O–H groups in total. The van der Waals surface area contributed by atoms with Gasteiger partial charge < -0.3 is 4.42 Å². The molecule has 0 aliphatic heterocycles. The van der Waals surface area contributed by atoms with Gasteiger partial charge in [0, 0.05) is 47.8 Å². The Morgan fingerprint density at radius 1 is 0.477 bits per heavy atom. The van der Waals surface area contributed by atoms with E-state index >= 15 is 0 Å². The van der Waals surface area contributed by atoms with E-state index in [0.29, 0.717) is 28.9 Å². The number of hydrogen-bond acceptors (Lipinski definition) is 6. The van der Waals surface area contributed by atoms with Crippen LogP contribution < -0.4 is 0 Å². The maximum Gasteiger partial charge on any atom is 0.227 e. The summed E-state index contributed by atoms with van der Waals surface area (Å²) in [5.74, 6) is 2.41. The minimum atomic E-state index is 0.584. The monoisotopic (exact) mass is 582 g/mol. The van der Waals surface area contributed by atoms with Crippen molar-refractivity contribution in [2.75, 3.05) is 0 Å². The van der Waals surface area contributed by atoms with Crippen molar-refractivity contribution in [3.63, 3.8) is 0 Å². The number of aromatic nitrogens is 4. The molecule has 0 amide bonds. The number of fused-ring (bicyclic) bond motifs is 6. The smallest absolute Gasteiger partial charge is 0.227 e. The van der Waals surface area contributed by atoms with Gasteiger partial charge in [0.15, 0.2) is 23.1 Å². The molecule has 3 aromatic heterocycles. The Morgan fingerprint density at radius 3 is 2.02 bits per heavy atom. The molecule has 6 aromatic carbocycles. The van der Waals surface area contributed by atoms with Gasteiger partial charge in [-0.25, -0.2) is 19.9 Å². The van der Waals surface area contributed by atoms with Crippen LogP contribution in [0.3, 0.4) is 0 Å². The van der Waals surface area contributed by atoms with E-state index in [4.69, 9.17) is 24.4 Å². The molecule has 0 bridgehead atoms. The lowest BCUT2D eigenvalue weighted by Gasteiger charge is -2.10. The second kappa shape index (κ2) is 9.93. The van der Waals surface area contributed by atoms with Crippen molar-refractivity contribution in [3.05, 3.63) is 133 Å². The summed E-state index contributed by atoms with van der Waals surface area (Å²) in [7, 11) is 0. The van der Waals surface area contributed by atoms with E-state index in [1.54, 1.807) is 11.3 Å². The molecule has 0 aliphatic carbocycles. The Hall–Kier alpha value is -5.72. The van der Waals surface area contributed by atoms with Crippen LogP contribution in [0.15, 0.2) is 138 Å². The van der Waals surface area contributed by atoms with E-state index in [0.717, 1.165) is 38.5 Å². The van der Waals surface area contributed by atoms with Gasteiger partial charge in [0.05, 0.1) is 0 Å². The van der Waals surface area contributed by atoms with Crippen LogP contribution in [0.5, 0.6) is 0 Å². The molecule has 3 heterocycles. The molecule has 0 saturated heterocycles. The third-order valence-electron chi connectivity index (χ3n) is 7.96. The molecule has 0 saturated carbocycles. The molecule has 9 aromatic rings. The molecule has 0 spiro atoms. The molecule has 0 unspecified atom stereocenters. The summed E-state index contributed by atoms with van der Waals surface area (Å²) in [5.41, 5.74) is 5.17. The van der Waals surface area contributed by atoms with E-state index < -0.39 is 0 Å². The molecule has 6 heteroatoms. The van der Waals surface area contributed by atoms with Crippen LogP contribution in [-0.4, -0.2) is 19.9 Å². The van der Waals surface area contributed by atoms with Gasteiger partial charge in [0.25, 0.3) is 0 Å². The van der Waals surface area contributed by atoms with Crippen molar-refractivity contribution in [2.45, 2.75) is 0 Å². The van der Waals surface area contributed by atoms with Gasteiger partial charge in [-0.15, -0.1) is 11.3 Å². The van der Waals surface area contributed by atoms with Gasteiger partial charge >= 0.3 is 0 Å². The number of benzene rings is 6. The van der Waals surface area contributed by atoms with Gasteiger partial charge in [-0.2, -0.15) is 0 Å². The van der Waals surface area contributed by atoms with Crippen molar-refractivity contribution in [1.29, 1.82) is 0 Å². The predicted octanol–water partition coefficient (Wildman–Crippen LogP) is 10.2. The first-order chi connectivity index (χ1) is 21.8. The predicted molar refractivity (Wildman–Crippen MR) is 180 cm³/mol. The summed E-state index contributed by atoms with van der Waals surface area (Å²) in [6.45, 7) is 0. The molecular formula is C38H22N4OS. The molecule has 44 heavy (non-hydrogen) atoms. The van der Waals surface area contributed by atoms with Crippen molar-refractivity contribution in [1.82, 2.24) is 19.9 Å². The molecular weight excluding hydrogens is 561 g/mol. The van der Waals surface area contributed by atoms with E-state index in [1.807, 2.05) is 72.8 Å². The number of rotatable bonds is 4. The van der Waals surface area contributed by atoms with Crippen LogP contribution in [0, 0.1) is 0 Å². The van der Waals surface area contributed by atoms with Crippen molar-refractivity contribution in [2.24, 2.45) is 0 Å². The SMILES string of the molecule is c1ccc(-c2nc(-c3ccc4c(c3)sc3ccccc34)nc(-c3cccc4ccc5nc(-c6ccccc6)oc5c34)n2)cc1. The Morgan fingerprint density at radius 2 is 1.18 bits per heavy atom. The highest BCUT2D eigenvalue weighted by atomic mass is 32.1. The lowest BCUT2D eigenvalue weighted by Crippen LogP contribution is -2.00. The zero-order valence-electron chi connectivity index (χ0n) is 23.3. The Kier molecular flexibility index (Phi) is 5.61. The van der Waals surface area contributed by atoms with Crippen LogP contribution in [0.1, 0.15) is 0 Å². The Labute approximate surface area is 256 Å².